The van der Waals surface area contributed by atoms with Crippen LogP contribution in [0.4, 0.5) is 5.95 Å². The zero-order chi connectivity index (χ0) is 14.7. The molecule has 2 unspecified atom stereocenters. The Kier molecular flexibility index (Phi) is 3.16. The number of imidazole rings is 1. The average Bonchev–Trinajstić information content (AvgIpc) is 2.66. The van der Waals surface area contributed by atoms with Crippen molar-refractivity contribution in [1.29, 1.82) is 0 Å². The van der Waals surface area contributed by atoms with Crippen molar-refractivity contribution >= 4 is 40.2 Å². The van der Waals surface area contributed by atoms with Gasteiger partial charge in [-0.25, -0.2) is 4.98 Å². The monoisotopic (exact) mass is 313 g/mol. The molecule has 2 atom stereocenters. The van der Waals surface area contributed by atoms with E-state index < -0.39 is 0 Å². The highest BCUT2D eigenvalue weighted by Gasteiger charge is 2.50. The van der Waals surface area contributed by atoms with Crippen LogP contribution in [0, 0.1) is 5.41 Å². The van der Waals surface area contributed by atoms with Crippen LogP contribution in [0.1, 0.15) is 26.3 Å². The van der Waals surface area contributed by atoms with Gasteiger partial charge in [0.2, 0.25) is 5.95 Å². The van der Waals surface area contributed by atoms with Gasteiger partial charge < -0.3 is 15.0 Å². The molecule has 1 saturated carbocycles. The lowest BCUT2D eigenvalue weighted by atomic mass is 9.64. The predicted molar refractivity (Wildman–Crippen MR) is 82.4 cm³/mol. The van der Waals surface area contributed by atoms with Crippen molar-refractivity contribution in [2.24, 2.45) is 5.41 Å². The minimum absolute atomic E-state index is 0.00259. The van der Waals surface area contributed by atoms with Crippen LogP contribution >= 0.6 is 23.2 Å². The third-order valence-electron chi connectivity index (χ3n) is 4.48. The highest BCUT2D eigenvalue weighted by Crippen LogP contribution is 2.52. The molecule has 1 fully saturated rings. The minimum Gasteiger partial charge on any atom is -0.381 e. The fraction of sp³-hybridized carbons (Fsp3) is 0.500. The summed E-state index contributed by atoms with van der Waals surface area (Å²) in [6.45, 7) is 4.36. The van der Waals surface area contributed by atoms with E-state index in [1.165, 1.54) is 0 Å². The number of fused-ring (bicyclic) bond motifs is 1. The normalized spacial score (nSPS) is 24.9. The van der Waals surface area contributed by atoms with Crippen molar-refractivity contribution in [2.75, 3.05) is 12.8 Å². The summed E-state index contributed by atoms with van der Waals surface area (Å²) in [5, 5.41) is 1.01. The van der Waals surface area contributed by atoms with Gasteiger partial charge in [-0.3, -0.25) is 0 Å². The molecule has 1 heterocycles. The molecular formula is C14H17Cl2N3O. The largest absolute Gasteiger partial charge is 0.381 e. The average molecular weight is 314 g/mol. The topological polar surface area (TPSA) is 53.1 Å². The van der Waals surface area contributed by atoms with Crippen molar-refractivity contribution in [3.63, 3.8) is 0 Å². The van der Waals surface area contributed by atoms with Crippen molar-refractivity contribution in [3.8, 4) is 0 Å². The Morgan fingerprint density at radius 1 is 1.35 bits per heavy atom. The highest BCUT2D eigenvalue weighted by atomic mass is 35.5. The zero-order valence-corrected chi connectivity index (χ0v) is 13.2. The van der Waals surface area contributed by atoms with E-state index in [9.17, 15) is 0 Å². The third kappa shape index (κ3) is 1.82. The van der Waals surface area contributed by atoms with Crippen molar-refractivity contribution < 1.29 is 4.74 Å². The van der Waals surface area contributed by atoms with Gasteiger partial charge in [0.15, 0.2) is 0 Å². The molecule has 108 valence electrons. The number of methoxy groups -OCH3 is 1. The molecule has 1 aromatic heterocycles. The van der Waals surface area contributed by atoms with Crippen LogP contribution in [0.15, 0.2) is 12.1 Å². The lowest BCUT2D eigenvalue weighted by Gasteiger charge is -2.51. The van der Waals surface area contributed by atoms with Gasteiger partial charge in [-0.05, 0) is 18.6 Å². The standard InChI is InChI=1S/C14H17Cl2N3O/c1-14(2)11(6-12(14)20-3)19-10-5-8(16)7(15)4-9(10)18-13(19)17/h4-5,11-12H,6H2,1-3H3,(H2,17,18). The fourth-order valence-corrected chi connectivity index (χ4v) is 3.45. The molecule has 6 heteroatoms. The number of benzene rings is 1. The van der Waals surface area contributed by atoms with Gasteiger partial charge in [0.25, 0.3) is 0 Å². The number of anilines is 1. The molecule has 0 bridgehead atoms. The molecule has 0 amide bonds. The van der Waals surface area contributed by atoms with Crippen LogP contribution in [0.3, 0.4) is 0 Å². The van der Waals surface area contributed by atoms with Gasteiger partial charge >= 0.3 is 0 Å². The molecule has 2 N–H and O–H groups in total. The van der Waals surface area contributed by atoms with Gasteiger partial charge in [0.05, 0.1) is 27.2 Å². The number of rotatable bonds is 2. The lowest BCUT2D eigenvalue weighted by Crippen LogP contribution is -2.51. The van der Waals surface area contributed by atoms with E-state index in [-0.39, 0.29) is 17.6 Å². The van der Waals surface area contributed by atoms with Gasteiger partial charge in [-0.15, -0.1) is 0 Å². The summed E-state index contributed by atoms with van der Waals surface area (Å²) in [5.41, 5.74) is 7.79. The zero-order valence-electron chi connectivity index (χ0n) is 11.7. The number of aromatic nitrogens is 2. The number of hydrogen-bond acceptors (Lipinski definition) is 3. The molecule has 3 rings (SSSR count). The van der Waals surface area contributed by atoms with Gasteiger partial charge in [0.1, 0.15) is 0 Å². The number of hydrogen-bond donors (Lipinski definition) is 1. The molecule has 1 aliphatic carbocycles. The second-order valence-corrected chi connectivity index (χ2v) is 6.71. The molecule has 0 aliphatic heterocycles. The van der Waals surface area contributed by atoms with Crippen LogP contribution in [0.2, 0.25) is 10.0 Å². The first kappa shape index (κ1) is 14.0. The van der Waals surface area contributed by atoms with Crippen LogP contribution < -0.4 is 5.73 Å². The summed E-state index contributed by atoms with van der Waals surface area (Å²) >= 11 is 12.2. The number of nitrogens with zero attached hydrogens (tertiary/aromatic N) is 2. The van der Waals surface area contributed by atoms with Gasteiger partial charge in [-0.1, -0.05) is 37.0 Å². The van der Waals surface area contributed by atoms with Crippen molar-refractivity contribution in [3.05, 3.63) is 22.2 Å². The summed E-state index contributed by atoms with van der Waals surface area (Å²) in [7, 11) is 1.74. The Morgan fingerprint density at radius 3 is 2.60 bits per heavy atom. The molecule has 0 radical (unpaired) electrons. The minimum atomic E-state index is 0.00259. The third-order valence-corrected chi connectivity index (χ3v) is 5.20. The Balaban J connectivity index is 2.13. The maximum atomic E-state index is 6.12. The molecule has 0 spiro atoms. The molecule has 20 heavy (non-hydrogen) atoms. The summed E-state index contributed by atoms with van der Waals surface area (Å²) < 4.78 is 7.55. The SMILES string of the molecule is COC1CC(n2c(N)nc3cc(Cl)c(Cl)cc32)C1(C)C. The van der Waals surface area contributed by atoms with Crippen LogP contribution in [0.25, 0.3) is 11.0 Å². The molecule has 4 nitrogen and oxygen atoms in total. The van der Waals surface area contributed by atoms with E-state index >= 15 is 0 Å². The number of halogens is 2. The van der Waals surface area contributed by atoms with Crippen LogP contribution in [-0.4, -0.2) is 22.8 Å². The van der Waals surface area contributed by atoms with Crippen LogP contribution in [0.5, 0.6) is 0 Å². The maximum absolute atomic E-state index is 6.12. The lowest BCUT2D eigenvalue weighted by molar-refractivity contribution is -0.110. The fourth-order valence-electron chi connectivity index (χ4n) is 3.14. The Bertz CT molecular complexity index is 681. The molecule has 1 aliphatic rings. The first-order valence-electron chi connectivity index (χ1n) is 6.51. The van der Waals surface area contributed by atoms with E-state index in [0.29, 0.717) is 16.0 Å². The Morgan fingerprint density at radius 2 is 2.00 bits per heavy atom. The second-order valence-electron chi connectivity index (χ2n) is 5.89. The van der Waals surface area contributed by atoms with E-state index in [0.717, 1.165) is 17.5 Å². The smallest absolute Gasteiger partial charge is 0.201 e. The van der Waals surface area contributed by atoms with Gasteiger partial charge in [-0.2, -0.15) is 0 Å². The first-order valence-corrected chi connectivity index (χ1v) is 7.27. The van der Waals surface area contributed by atoms with E-state index in [4.69, 9.17) is 33.7 Å². The van der Waals surface area contributed by atoms with Crippen molar-refractivity contribution in [1.82, 2.24) is 9.55 Å². The molecule has 0 saturated heterocycles. The number of nitrogen functional groups attached to an aromatic ring is 1. The summed E-state index contributed by atoms with van der Waals surface area (Å²) in [6.07, 6.45) is 1.14. The number of nitrogens with two attached hydrogens (primary N) is 1. The van der Waals surface area contributed by atoms with Crippen molar-refractivity contribution in [2.45, 2.75) is 32.4 Å². The predicted octanol–water partition coefficient (Wildman–Crippen LogP) is 3.91. The van der Waals surface area contributed by atoms with E-state index in [2.05, 4.69) is 18.8 Å². The number of ether oxygens (including phenoxy) is 1. The molecule has 1 aromatic carbocycles. The van der Waals surface area contributed by atoms with E-state index in [1.54, 1.807) is 13.2 Å². The quantitative estimate of drug-likeness (QED) is 0.914. The first-order chi connectivity index (χ1) is 9.36. The summed E-state index contributed by atoms with van der Waals surface area (Å²) in [4.78, 5) is 4.39. The van der Waals surface area contributed by atoms with Crippen LogP contribution in [-0.2, 0) is 4.74 Å². The maximum Gasteiger partial charge on any atom is 0.201 e. The Hall–Kier alpha value is -0.970. The van der Waals surface area contributed by atoms with Gasteiger partial charge in [0, 0.05) is 18.6 Å². The summed E-state index contributed by atoms with van der Waals surface area (Å²) in [5.74, 6) is 0.492. The molecule has 2 aromatic rings. The Labute approximate surface area is 127 Å². The molecular weight excluding hydrogens is 297 g/mol. The highest BCUT2D eigenvalue weighted by molar-refractivity contribution is 6.42. The second kappa shape index (κ2) is 4.52. The summed E-state index contributed by atoms with van der Waals surface area (Å²) in [6, 6.07) is 3.83. The van der Waals surface area contributed by atoms with E-state index in [1.807, 2.05) is 10.6 Å².